The average molecular weight is 243 g/mol. The van der Waals surface area contributed by atoms with Crippen LogP contribution in [0.1, 0.15) is 30.6 Å². The van der Waals surface area contributed by atoms with Gasteiger partial charge in [0.05, 0.1) is 6.20 Å². The number of aryl methyl sites for hydroxylation is 1. The molecule has 16 heavy (non-hydrogen) atoms. The minimum atomic E-state index is -0.682. The van der Waals surface area contributed by atoms with Crippen molar-refractivity contribution in [2.45, 2.75) is 26.3 Å². The van der Waals surface area contributed by atoms with Gasteiger partial charge in [0.15, 0.2) is 0 Å². The normalized spacial score (nSPS) is 15.0. The largest absolute Gasteiger partial charge is 0.310 e. The minimum absolute atomic E-state index is 0.305. The molecule has 1 heterocycles. The zero-order valence-corrected chi connectivity index (χ0v) is 11.3. The van der Waals surface area contributed by atoms with Crippen molar-refractivity contribution in [1.82, 2.24) is 15.1 Å². The Labute approximate surface area is 99.9 Å². The summed E-state index contributed by atoms with van der Waals surface area (Å²) in [5, 5.41) is 7.64. The van der Waals surface area contributed by atoms with Crippen molar-refractivity contribution in [3.05, 3.63) is 17.5 Å². The van der Waals surface area contributed by atoms with Crippen LogP contribution in [0.2, 0.25) is 0 Å². The van der Waals surface area contributed by atoms with E-state index in [4.69, 9.17) is 0 Å². The fourth-order valence-corrected chi connectivity index (χ4v) is 2.20. The van der Waals surface area contributed by atoms with Crippen molar-refractivity contribution in [2.75, 3.05) is 18.6 Å². The maximum atomic E-state index is 10.9. The van der Waals surface area contributed by atoms with E-state index in [0.717, 1.165) is 18.7 Å². The molecule has 0 aliphatic carbocycles. The molecule has 0 aliphatic heterocycles. The molecule has 1 N–H and O–H groups in total. The zero-order valence-electron chi connectivity index (χ0n) is 10.5. The number of nitrogens with zero attached hydrogens (tertiary/aromatic N) is 2. The molecule has 0 amide bonds. The quantitative estimate of drug-likeness (QED) is 0.762. The Balaban J connectivity index is 2.38. The van der Waals surface area contributed by atoms with Gasteiger partial charge in [0.2, 0.25) is 0 Å². The topological polar surface area (TPSA) is 46.9 Å². The van der Waals surface area contributed by atoms with Crippen molar-refractivity contribution in [1.29, 1.82) is 0 Å². The minimum Gasteiger partial charge on any atom is -0.310 e. The molecule has 92 valence electrons. The zero-order chi connectivity index (χ0) is 12.1. The molecule has 0 saturated carbocycles. The van der Waals surface area contributed by atoms with Crippen molar-refractivity contribution >= 4 is 10.8 Å². The van der Waals surface area contributed by atoms with Gasteiger partial charge in [-0.05, 0) is 26.8 Å². The Morgan fingerprint density at radius 3 is 2.81 bits per heavy atom. The number of hydrogen-bond acceptors (Lipinski definition) is 3. The summed E-state index contributed by atoms with van der Waals surface area (Å²) in [5.41, 5.74) is 2.43. The van der Waals surface area contributed by atoms with Gasteiger partial charge < -0.3 is 5.32 Å². The summed E-state index contributed by atoms with van der Waals surface area (Å²) in [6, 6.07) is 0.305. The van der Waals surface area contributed by atoms with E-state index in [1.165, 1.54) is 11.3 Å². The highest BCUT2D eigenvalue weighted by Crippen LogP contribution is 2.15. The highest BCUT2D eigenvalue weighted by molar-refractivity contribution is 7.84. The van der Waals surface area contributed by atoms with Gasteiger partial charge in [0.1, 0.15) is 0 Å². The summed E-state index contributed by atoms with van der Waals surface area (Å²) < 4.78 is 12.8. The molecular formula is C11H21N3OS. The highest BCUT2D eigenvalue weighted by Gasteiger charge is 2.10. The van der Waals surface area contributed by atoms with Gasteiger partial charge in [-0.2, -0.15) is 5.10 Å². The summed E-state index contributed by atoms with van der Waals surface area (Å²) >= 11 is 0. The van der Waals surface area contributed by atoms with Crippen LogP contribution < -0.4 is 5.32 Å². The van der Waals surface area contributed by atoms with Gasteiger partial charge in [-0.15, -0.1) is 0 Å². The maximum Gasteiger partial charge on any atom is 0.0540 e. The van der Waals surface area contributed by atoms with Crippen LogP contribution in [0.5, 0.6) is 0 Å². The van der Waals surface area contributed by atoms with E-state index < -0.39 is 10.8 Å². The highest BCUT2D eigenvalue weighted by atomic mass is 32.2. The number of nitrogens with one attached hydrogen (secondary N) is 1. The van der Waals surface area contributed by atoms with Gasteiger partial charge in [-0.3, -0.25) is 8.89 Å². The van der Waals surface area contributed by atoms with Crippen molar-refractivity contribution in [3.63, 3.8) is 0 Å². The first-order chi connectivity index (χ1) is 7.52. The Kier molecular flexibility index (Phi) is 5.15. The molecule has 4 nitrogen and oxygen atoms in total. The summed E-state index contributed by atoms with van der Waals surface area (Å²) in [6.07, 6.45) is 4.60. The first-order valence-electron chi connectivity index (χ1n) is 5.54. The standard InChI is InChI=1S/C11H21N3OS/c1-9(12-6-5-7-16(4)15)11-8-13-14(3)10(11)2/h8-9,12H,5-7H2,1-4H3. The first kappa shape index (κ1) is 13.4. The lowest BCUT2D eigenvalue weighted by molar-refractivity contribution is 0.567. The lowest BCUT2D eigenvalue weighted by atomic mass is 10.1. The van der Waals surface area contributed by atoms with Crippen molar-refractivity contribution in [3.8, 4) is 0 Å². The van der Waals surface area contributed by atoms with Crippen LogP contribution in [-0.2, 0) is 17.8 Å². The molecule has 0 spiro atoms. The number of rotatable bonds is 6. The third-order valence-electron chi connectivity index (χ3n) is 2.80. The summed E-state index contributed by atoms with van der Waals surface area (Å²) in [5.74, 6) is 0.770. The lowest BCUT2D eigenvalue weighted by Gasteiger charge is -2.13. The summed E-state index contributed by atoms with van der Waals surface area (Å²) in [6.45, 7) is 5.10. The Bertz CT molecular complexity index is 362. The van der Waals surface area contributed by atoms with E-state index in [-0.39, 0.29) is 0 Å². The van der Waals surface area contributed by atoms with Crippen LogP contribution in [-0.4, -0.2) is 32.5 Å². The predicted molar refractivity (Wildman–Crippen MR) is 67.9 cm³/mol. The van der Waals surface area contributed by atoms with Gasteiger partial charge >= 0.3 is 0 Å². The summed E-state index contributed by atoms with van der Waals surface area (Å²) in [7, 11) is 1.27. The molecule has 0 aliphatic rings. The van der Waals surface area contributed by atoms with Gasteiger partial charge in [0.25, 0.3) is 0 Å². The lowest BCUT2D eigenvalue weighted by Crippen LogP contribution is -2.21. The molecular weight excluding hydrogens is 222 g/mol. The smallest absolute Gasteiger partial charge is 0.0540 e. The second-order valence-electron chi connectivity index (χ2n) is 4.12. The molecule has 0 saturated heterocycles. The first-order valence-corrected chi connectivity index (χ1v) is 7.27. The third kappa shape index (κ3) is 3.72. The van der Waals surface area contributed by atoms with Crippen molar-refractivity contribution < 1.29 is 4.21 Å². The van der Waals surface area contributed by atoms with E-state index in [1.807, 2.05) is 17.9 Å². The molecule has 2 atom stereocenters. The molecule has 0 aromatic carbocycles. The fraction of sp³-hybridized carbons (Fsp3) is 0.727. The Morgan fingerprint density at radius 1 is 1.62 bits per heavy atom. The van der Waals surface area contributed by atoms with Gasteiger partial charge in [-0.25, -0.2) is 0 Å². The van der Waals surface area contributed by atoms with Crippen LogP contribution in [0.4, 0.5) is 0 Å². The van der Waals surface area contributed by atoms with Crippen LogP contribution in [0.25, 0.3) is 0 Å². The molecule has 1 aromatic rings. The van der Waals surface area contributed by atoms with Crippen LogP contribution >= 0.6 is 0 Å². The molecule has 2 unspecified atom stereocenters. The van der Waals surface area contributed by atoms with Crippen LogP contribution in [0.3, 0.4) is 0 Å². The van der Waals surface area contributed by atoms with E-state index in [1.54, 1.807) is 6.26 Å². The number of aromatic nitrogens is 2. The molecule has 5 heteroatoms. The Hall–Kier alpha value is -0.680. The molecule has 1 aromatic heterocycles. The average Bonchev–Trinajstić information content (AvgIpc) is 2.54. The molecule has 1 rings (SSSR count). The van der Waals surface area contributed by atoms with E-state index in [9.17, 15) is 4.21 Å². The predicted octanol–water partition coefficient (Wildman–Crippen LogP) is 1.15. The summed E-state index contributed by atoms with van der Waals surface area (Å²) in [4.78, 5) is 0. The Morgan fingerprint density at radius 2 is 2.31 bits per heavy atom. The third-order valence-corrected chi connectivity index (χ3v) is 3.66. The van der Waals surface area contributed by atoms with E-state index in [2.05, 4.69) is 24.3 Å². The molecule has 0 fully saturated rings. The van der Waals surface area contributed by atoms with Gasteiger partial charge in [-0.1, -0.05) is 0 Å². The van der Waals surface area contributed by atoms with Crippen molar-refractivity contribution in [2.24, 2.45) is 7.05 Å². The van der Waals surface area contributed by atoms with Crippen LogP contribution in [0, 0.1) is 6.92 Å². The van der Waals surface area contributed by atoms with Gasteiger partial charge in [0, 0.05) is 47.2 Å². The SMILES string of the molecule is Cc1c(C(C)NCCCS(C)=O)cnn1C. The van der Waals surface area contributed by atoms with E-state index >= 15 is 0 Å². The molecule has 0 bridgehead atoms. The van der Waals surface area contributed by atoms with Crippen LogP contribution in [0.15, 0.2) is 6.20 Å². The maximum absolute atomic E-state index is 10.9. The fourth-order valence-electron chi connectivity index (χ4n) is 1.64. The second kappa shape index (κ2) is 6.15. The number of hydrogen-bond donors (Lipinski definition) is 1. The van der Waals surface area contributed by atoms with E-state index in [0.29, 0.717) is 6.04 Å². The monoisotopic (exact) mass is 243 g/mol. The second-order valence-corrected chi connectivity index (χ2v) is 5.67. The molecule has 0 radical (unpaired) electrons.